The van der Waals surface area contributed by atoms with Crippen molar-refractivity contribution < 1.29 is 18.1 Å². The van der Waals surface area contributed by atoms with Crippen LogP contribution in [0.15, 0.2) is 53.1 Å². The van der Waals surface area contributed by atoms with Crippen LogP contribution in [-0.4, -0.2) is 47.1 Å². The number of amides is 1. The normalized spacial score (nSPS) is 16.9. The molecular weight excluding hydrogens is 402 g/mol. The first kappa shape index (κ1) is 21.1. The Balaban J connectivity index is 1.27. The van der Waals surface area contributed by atoms with Crippen LogP contribution in [0.1, 0.15) is 30.2 Å². The second-order valence-electron chi connectivity index (χ2n) is 7.77. The molecule has 8 heteroatoms. The second-order valence-corrected chi connectivity index (χ2v) is 7.77. The van der Waals surface area contributed by atoms with Crippen LogP contribution >= 0.6 is 0 Å². The topological polar surface area (TPSA) is 71.3 Å². The first-order valence-corrected chi connectivity index (χ1v) is 10.4. The molecule has 0 aliphatic carbocycles. The summed E-state index contributed by atoms with van der Waals surface area (Å²) >= 11 is 0. The van der Waals surface area contributed by atoms with Gasteiger partial charge >= 0.3 is 0 Å². The molecule has 1 fully saturated rings. The van der Waals surface area contributed by atoms with Crippen molar-refractivity contribution in [1.82, 2.24) is 20.4 Å². The Morgan fingerprint density at radius 3 is 2.81 bits per heavy atom. The van der Waals surface area contributed by atoms with Gasteiger partial charge in [0.25, 0.3) is 0 Å². The van der Waals surface area contributed by atoms with Gasteiger partial charge in [-0.15, -0.1) is 0 Å². The van der Waals surface area contributed by atoms with Gasteiger partial charge in [0, 0.05) is 18.7 Å². The fraction of sp³-hybridized carbons (Fsp3) is 0.348. The lowest BCUT2D eigenvalue weighted by Gasteiger charge is -2.30. The number of nitrogens with one attached hydrogen (secondary N) is 1. The molecule has 0 spiro atoms. The molecule has 1 N–H and O–H groups in total. The quantitative estimate of drug-likeness (QED) is 0.626. The van der Waals surface area contributed by atoms with Crippen LogP contribution in [0.2, 0.25) is 0 Å². The lowest BCUT2D eigenvalue weighted by molar-refractivity contribution is -0.122. The monoisotopic (exact) mass is 426 g/mol. The summed E-state index contributed by atoms with van der Waals surface area (Å²) in [7, 11) is 0. The van der Waals surface area contributed by atoms with Crippen molar-refractivity contribution in [2.45, 2.75) is 25.2 Å². The molecule has 1 unspecified atom stereocenters. The summed E-state index contributed by atoms with van der Waals surface area (Å²) in [6.45, 7) is 2.27. The average molecular weight is 426 g/mol. The summed E-state index contributed by atoms with van der Waals surface area (Å²) in [5.41, 5.74) is 1.55. The van der Waals surface area contributed by atoms with Gasteiger partial charge in [0.15, 0.2) is 0 Å². The third kappa shape index (κ3) is 5.73. The summed E-state index contributed by atoms with van der Waals surface area (Å²) in [5.74, 6) is 0.255. The minimum Gasteiger partial charge on any atom is -0.355 e. The van der Waals surface area contributed by atoms with Crippen LogP contribution in [0.4, 0.5) is 8.78 Å². The first-order chi connectivity index (χ1) is 15.1. The number of benzene rings is 2. The Morgan fingerprint density at radius 1 is 1.16 bits per heavy atom. The fourth-order valence-electron chi connectivity index (χ4n) is 3.80. The van der Waals surface area contributed by atoms with Gasteiger partial charge in [-0.25, -0.2) is 8.78 Å². The van der Waals surface area contributed by atoms with Crippen molar-refractivity contribution in [2.75, 3.05) is 26.2 Å². The van der Waals surface area contributed by atoms with Crippen molar-refractivity contribution >= 4 is 5.91 Å². The Kier molecular flexibility index (Phi) is 6.66. The molecule has 2 heterocycles. The van der Waals surface area contributed by atoms with E-state index in [0.29, 0.717) is 43.3 Å². The maximum Gasteiger partial charge on any atom is 0.234 e. The molecule has 1 amide bonds. The lowest BCUT2D eigenvalue weighted by atomic mass is 9.98. The number of halogens is 2. The van der Waals surface area contributed by atoms with Crippen LogP contribution in [0.25, 0.3) is 11.4 Å². The molecule has 6 nitrogen and oxygen atoms in total. The molecule has 2 aromatic carbocycles. The zero-order valence-corrected chi connectivity index (χ0v) is 17.1. The van der Waals surface area contributed by atoms with E-state index in [1.54, 1.807) is 24.3 Å². The van der Waals surface area contributed by atoms with Gasteiger partial charge in [-0.1, -0.05) is 29.4 Å². The number of nitrogens with zero attached hydrogens (tertiary/aromatic N) is 3. The highest BCUT2D eigenvalue weighted by molar-refractivity contribution is 5.78. The maximum absolute atomic E-state index is 13.4. The lowest BCUT2D eigenvalue weighted by Crippen LogP contribution is -2.42. The SMILES string of the molecule is O=C(CN1CCCC(c2nc(-c3cccc(F)c3)no2)C1)NCCc1ccc(F)cc1. The van der Waals surface area contributed by atoms with Gasteiger partial charge in [0.05, 0.1) is 12.5 Å². The highest BCUT2D eigenvalue weighted by atomic mass is 19.1. The molecule has 162 valence electrons. The van der Waals surface area contributed by atoms with E-state index in [-0.39, 0.29) is 23.5 Å². The molecule has 0 bridgehead atoms. The second kappa shape index (κ2) is 9.78. The average Bonchev–Trinajstić information content (AvgIpc) is 3.26. The number of rotatable bonds is 7. The van der Waals surface area contributed by atoms with E-state index in [1.807, 2.05) is 0 Å². The van der Waals surface area contributed by atoms with Crippen LogP contribution in [0.5, 0.6) is 0 Å². The van der Waals surface area contributed by atoms with Gasteiger partial charge in [0.2, 0.25) is 17.6 Å². The molecule has 1 aromatic heterocycles. The Bertz CT molecular complexity index is 1020. The van der Waals surface area contributed by atoms with E-state index in [4.69, 9.17) is 4.52 Å². The third-order valence-electron chi connectivity index (χ3n) is 5.40. The number of carbonyl (C=O) groups excluding carboxylic acids is 1. The summed E-state index contributed by atoms with van der Waals surface area (Å²) in [4.78, 5) is 18.8. The van der Waals surface area contributed by atoms with Crippen molar-refractivity contribution in [2.24, 2.45) is 0 Å². The molecule has 1 aliphatic heterocycles. The predicted molar refractivity (Wildman–Crippen MR) is 111 cm³/mol. The van der Waals surface area contributed by atoms with Gasteiger partial charge in [-0.05, 0) is 55.6 Å². The fourth-order valence-corrected chi connectivity index (χ4v) is 3.80. The van der Waals surface area contributed by atoms with Crippen LogP contribution < -0.4 is 5.32 Å². The Labute approximate surface area is 179 Å². The summed E-state index contributed by atoms with van der Waals surface area (Å²) in [6, 6.07) is 12.4. The molecule has 1 aliphatic rings. The first-order valence-electron chi connectivity index (χ1n) is 10.4. The predicted octanol–water partition coefficient (Wildman–Crippen LogP) is 3.55. The van der Waals surface area contributed by atoms with E-state index >= 15 is 0 Å². The van der Waals surface area contributed by atoms with E-state index in [9.17, 15) is 13.6 Å². The van der Waals surface area contributed by atoms with Gasteiger partial charge < -0.3 is 9.84 Å². The van der Waals surface area contributed by atoms with Crippen LogP contribution in [0, 0.1) is 11.6 Å². The number of hydrogen-bond acceptors (Lipinski definition) is 5. The molecule has 1 atom stereocenters. The number of piperidine rings is 1. The van der Waals surface area contributed by atoms with Crippen molar-refractivity contribution in [3.8, 4) is 11.4 Å². The van der Waals surface area contributed by atoms with Gasteiger partial charge in [-0.3, -0.25) is 9.69 Å². The number of likely N-dealkylation sites (tertiary alicyclic amines) is 1. The molecule has 4 rings (SSSR count). The Hall–Kier alpha value is -3.13. The minimum atomic E-state index is -0.349. The largest absolute Gasteiger partial charge is 0.355 e. The number of carbonyl (C=O) groups is 1. The van der Waals surface area contributed by atoms with Crippen molar-refractivity contribution in [1.29, 1.82) is 0 Å². The van der Waals surface area contributed by atoms with Gasteiger partial charge in [0.1, 0.15) is 11.6 Å². The van der Waals surface area contributed by atoms with E-state index in [0.717, 1.165) is 24.9 Å². The van der Waals surface area contributed by atoms with E-state index in [1.165, 1.54) is 24.3 Å². The van der Waals surface area contributed by atoms with Crippen LogP contribution in [-0.2, 0) is 11.2 Å². The Morgan fingerprint density at radius 2 is 2.00 bits per heavy atom. The summed E-state index contributed by atoms with van der Waals surface area (Å²) < 4.78 is 31.8. The van der Waals surface area contributed by atoms with E-state index in [2.05, 4.69) is 20.4 Å². The highest BCUT2D eigenvalue weighted by Crippen LogP contribution is 2.27. The summed E-state index contributed by atoms with van der Waals surface area (Å²) in [5, 5.41) is 6.91. The molecule has 3 aromatic rings. The highest BCUT2D eigenvalue weighted by Gasteiger charge is 2.27. The smallest absolute Gasteiger partial charge is 0.234 e. The van der Waals surface area contributed by atoms with Gasteiger partial charge in [-0.2, -0.15) is 4.98 Å². The zero-order chi connectivity index (χ0) is 21.6. The molecule has 1 saturated heterocycles. The summed E-state index contributed by atoms with van der Waals surface area (Å²) in [6.07, 6.45) is 2.47. The van der Waals surface area contributed by atoms with E-state index < -0.39 is 0 Å². The standard InChI is InChI=1S/C23H24F2N4O2/c24-19-8-6-16(7-9-19)10-11-26-21(30)15-29-12-2-4-18(14-29)23-27-22(28-31-23)17-3-1-5-20(25)13-17/h1,3,5-9,13,18H,2,4,10-12,14-15H2,(H,26,30). The molecule has 0 saturated carbocycles. The maximum atomic E-state index is 13.4. The minimum absolute atomic E-state index is 0.0376. The molecule has 0 radical (unpaired) electrons. The number of aromatic nitrogens is 2. The number of hydrogen-bond donors (Lipinski definition) is 1. The third-order valence-corrected chi connectivity index (χ3v) is 5.40. The van der Waals surface area contributed by atoms with Crippen molar-refractivity contribution in [3.05, 3.63) is 71.6 Å². The zero-order valence-electron chi connectivity index (χ0n) is 17.1. The van der Waals surface area contributed by atoms with Crippen molar-refractivity contribution in [3.63, 3.8) is 0 Å². The van der Waals surface area contributed by atoms with Crippen LogP contribution in [0.3, 0.4) is 0 Å². The molecular formula is C23H24F2N4O2. The molecule has 31 heavy (non-hydrogen) atoms.